The third-order valence-corrected chi connectivity index (χ3v) is 4.72. The third kappa shape index (κ3) is 3.69. The van der Waals surface area contributed by atoms with E-state index in [0.717, 1.165) is 44.8 Å². The summed E-state index contributed by atoms with van der Waals surface area (Å²) < 4.78 is 5.57. The number of hydrogen-bond donors (Lipinski definition) is 1. The van der Waals surface area contributed by atoms with Gasteiger partial charge >= 0.3 is 0 Å². The molecule has 1 N–H and O–H groups in total. The first kappa shape index (κ1) is 14.3. The largest absolute Gasteiger partial charge is 0.378 e. The number of nitrogens with one attached hydrogen (secondary N) is 1. The average Bonchev–Trinajstić information content (AvgIpc) is 2.33. The Balaban J connectivity index is 1.71. The summed E-state index contributed by atoms with van der Waals surface area (Å²) in [7, 11) is 0. The van der Waals surface area contributed by atoms with Gasteiger partial charge in [-0.25, -0.2) is 0 Å². The molecule has 0 aromatic heterocycles. The Morgan fingerprint density at radius 1 is 1.28 bits per heavy atom. The molecule has 2 rings (SSSR count). The van der Waals surface area contributed by atoms with E-state index in [-0.39, 0.29) is 5.54 Å². The Kier molecular flexibility index (Phi) is 5.05. The maximum Gasteiger partial charge on any atom is 0.0645 e. The molecule has 0 aromatic carbocycles. The van der Waals surface area contributed by atoms with E-state index in [1.165, 1.54) is 25.7 Å². The summed E-state index contributed by atoms with van der Waals surface area (Å²) in [4.78, 5) is 2.57. The molecule has 0 aromatic rings. The maximum atomic E-state index is 5.57. The van der Waals surface area contributed by atoms with Gasteiger partial charge in [0.25, 0.3) is 0 Å². The molecule has 0 radical (unpaired) electrons. The number of nitrogens with zero attached hydrogens (tertiary/aromatic N) is 1. The van der Waals surface area contributed by atoms with Crippen LogP contribution in [-0.4, -0.2) is 49.3 Å². The standard InChI is InChI=1S/C15H30N2O/c1-13-6-4-5-7-14(13)16-8-9-17-10-11-18-12-15(17,2)3/h13-14,16H,4-12H2,1-3H3. The van der Waals surface area contributed by atoms with Crippen LogP contribution in [0.3, 0.4) is 0 Å². The van der Waals surface area contributed by atoms with Crippen molar-refractivity contribution in [2.45, 2.75) is 58.0 Å². The van der Waals surface area contributed by atoms with Crippen LogP contribution < -0.4 is 5.32 Å². The molecule has 106 valence electrons. The van der Waals surface area contributed by atoms with Gasteiger partial charge in [-0.3, -0.25) is 4.90 Å². The van der Waals surface area contributed by atoms with Gasteiger partial charge in [0, 0.05) is 31.2 Å². The van der Waals surface area contributed by atoms with Gasteiger partial charge in [-0.1, -0.05) is 19.8 Å². The minimum atomic E-state index is 0.206. The second kappa shape index (κ2) is 6.36. The molecule has 1 saturated carbocycles. The number of hydrogen-bond acceptors (Lipinski definition) is 3. The number of morpholine rings is 1. The van der Waals surface area contributed by atoms with Crippen LogP contribution in [-0.2, 0) is 4.74 Å². The lowest BCUT2D eigenvalue weighted by Crippen LogP contribution is -2.55. The first-order valence-electron chi connectivity index (χ1n) is 7.66. The summed E-state index contributed by atoms with van der Waals surface area (Å²) in [5, 5.41) is 3.77. The van der Waals surface area contributed by atoms with E-state index in [1.54, 1.807) is 0 Å². The van der Waals surface area contributed by atoms with Gasteiger partial charge in [0.1, 0.15) is 0 Å². The van der Waals surface area contributed by atoms with E-state index in [4.69, 9.17) is 4.74 Å². The number of ether oxygens (including phenoxy) is 1. The second-order valence-corrected chi connectivity index (χ2v) is 6.67. The lowest BCUT2D eigenvalue weighted by atomic mass is 9.86. The zero-order valence-corrected chi connectivity index (χ0v) is 12.4. The molecular weight excluding hydrogens is 224 g/mol. The quantitative estimate of drug-likeness (QED) is 0.833. The fraction of sp³-hybridized carbons (Fsp3) is 1.00. The zero-order chi connectivity index (χ0) is 13.0. The summed E-state index contributed by atoms with van der Waals surface area (Å²) in [6.45, 7) is 12.1. The predicted octanol–water partition coefficient (Wildman–Crippen LogP) is 2.27. The molecule has 0 bridgehead atoms. The molecule has 3 nitrogen and oxygen atoms in total. The van der Waals surface area contributed by atoms with Crippen LogP contribution >= 0.6 is 0 Å². The van der Waals surface area contributed by atoms with Crippen molar-refractivity contribution in [2.24, 2.45) is 5.92 Å². The minimum absolute atomic E-state index is 0.206. The van der Waals surface area contributed by atoms with Crippen molar-refractivity contribution < 1.29 is 4.74 Å². The summed E-state index contributed by atoms with van der Waals surface area (Å²) in [6.07, 6.45) is 5.61. The highest BCUT2D eigenvalue weighted by Gasteiger charge is 2.30. The van der Waals surface area contributed by atoms with Crippen molar-refractivity contribution >= 4 is 0 Å². The molecule has 1 saturated heterocycles. The molecular formula is C15H30N2O. The molecule has 1 aliphatic heterocycles. The summed E-state index contributed by atoms with van der Waals surface area (Å²) in [5.74, 6) is 0.858. The van der Waals surface area contributed by atoms with Crippen LogP contribution in [0.5, 0.6) is 0 Å². The molecule has 3 heteroatoms. The highest BCUT2D eigenvalue weighted by molar-refractivity contribution is 4.85. The smallest absolute Gasteiger partial charge is 0.0645 e. The van der Waals surface area contributed by atoms with E-state index in [0.29, 0.717) is 0 Å². The van der Waals surface area contributed by atoms with Crippen LogP contribution in [0.15, 0.2) is 0 Å². The normalized spacial score (nSPS) is 33.5. The highest BCUT2D eigenvalue weighted by atomic mass is 16.5. The van der Waals surface area contributed by atoms with Crippen LogP contribution in [0.4, 0.5) is 0 Å². The minimum Gasteiger partial charge on any atom is -0.378 e. The van der Waals surface area contributed by atoms with E-state index in [1.807, 2.05) is 0 Å². The Morgan fingerprint density at radius 2 is 2.06 bits per heavy atom. The van der Waals surface area contributed by atoms with Crippen LogP contribution in [0.2, 0.25) is 0 Å². The van der Waals surface area contributed by atoms with Crippen molar-refractivity contribution in [3.63, 3.8) is 0 Å². The lowest BCUT2D eigenvalue weighted by molar-refractivity contribution is -0.0504. The molecule has 18 heavy (non-hydrogen) atoms. The van der Waals surface area contributed by atoms with Crippen LogP contribution in [0, 0.1) is 5.92 Å². The molecule has 2 unspecified atom stereocenters. The molecule has 2 atom stereocenters. The van der Waals surface area contributed by atoms with Gasteiger partial charge in [0.05, 0.1) is 13.2 Å². The topological polar surface area (TPSA) is 24.5 Å². The van der Waals surface area contributed by atoms with Crippen molar-refractivity contribution in [3.8, 4) is 0 Å². The Labute approximate surface area is 112 Å². The van der Waals surface area contributed by atoms with E-state index in [2.05, 4.69) is 31.0 Å². The predicted molar refractivity (Wildman–Crippen MR) is 75.9 cm³/mol. The molecule has 2 aliphatic rings. The molecule has 2 fully saturated rings. The van der Waals surface area contributed by atoms with Gasteiger partial charge in [0.2, 0.25) is 0 Å². The van der Waals surface area contributed by atoms with Crippen molar-refractivity contribution in [1.29, 1.82) is 0 Å². The Bertz CT molecular complexity index is 255. The first-order valence-corrected chi connectivity index (χ1v) is 7.66. The van der Waals surface area contributed by atoms with Gasteiger partial charge in [-0.05, 0) is 32.6 Å². The second-order valence-electron chi connectivity index (χ2n) is 6.67. The van der Waals surface area contributed by atoms with Gasteiger partial charge in [-0.15, -0.1) is 0 Å². The SMILES string of the molecule is CC1CCCCC1NCCN1CCOCC1(C)C. The molecule has 1 heterocycles. The fourth-order valence-electron chi connectivity index (χ4n) is 3.31. The average molecular weight is 254 g/mol. The van der Waals surface area contributed by atoms with E-state index < -0.39 is 0 Å². The van der Waals surface area contributed by atoms with Gasteiger partial charge in [-0.2, -0.15) is 0 Å². The Hall–Kier alpha value is -0.120. The third-order valence-electron chi connectivity index (χ3n) is 4.72. The first-order chi connectivity index (χ1) is 8.59. The van der Waals surface area contributed by atoms with Gasteiger partial charge in [0.15, 0.2) is 0 Å². The molecule has 0 amide bonds. The summed E-state index contributed by atoms with van der Waals surface area (Å²) in [6, 6.07) is 0.753. The van der Waals surface area contributed by atoms with Crippen molar-refractivity contribution in [1.82, 2.24) is 10.2 Å². The van der Waals surface area contributed by atoms with Crippen LogP contribution in [0.25, 0.3) is 0 Å². The van der Waals surface area contributed by atoms with Gasteiger partial charge < -0.3 is 10.1 Å². The molecule has 0 spiro atoms. The maximum absolute atomic E-state index is 5.57. The Morgan fingerprint density at radius 3 is 2.78 bits per heavy atom. The molecule has 1 aliphatic carbocycles. The summed E-state index contributed by atoms with van der Waals surface area (Å²) >= 11 is 0. The van der Waals surface area contributed by atoms with E-state index in [9.17, 15) is 0 Å². The van der Waals surface area contributed by atoms with Crippen molar-refractivity contribution in [2.75, 3.05) is 32.8 Å². The summed E-state index contributed by atoms with van der Waals surface area (Å²) in [5.41, 5.74) is 0.206. The number of rotatable bonds is 4. The van der Waals surface area contributed by atoms with Crippen molar-refractivity contribution in [3.05, 3.63) is 0 Å². The lowest BCUT2D eigenvalue weighted by Gasteiger charge is -2.42. The monoisotopic (exact) mass is 254 g/mol. The fourth-order valence-corrected chi connectivity index (χ4v) is 3.31. The zero-order valence-electron chi connectivity index (χ0n) is 12.4. The highest BCUT2D eigenvalue weighted by Crippen LogP contribution is 2.23. The van der Waals surface area contributed by atoms with Crippen LogP contribution in [0.1, 0.15) is 46.5 Å². The van der Waals surface area contributed by atoms with E-state index >= 15 is 0 Å².